The largest absolute Gasteiger partial charge is 0.428 e. The van der Waals surface area contributed by atoms with Crippen LogP contribution in [-0.2, 0) is 0 Å². The Kier molecular flexibility index (Phi) is 3.40. The zero-order valence-electron chi connectivity index (χ0n) is 9.81. The molecule has 0 spiro atoms. The van der Waals surface area contributed by atoms with Crippen molar-refractivity contribution in [2.24, 2.45) is 0 Å². The Morgan fingerprint density at radius 3 is 2.26 bits per heavy atom. The average molecular weight is 335 g/mol. The summed E-state index contributed by atoms with van der Waals surface area (Å²) in [5.41, 5.74) is 3.18. The third-order valence-corrected chi connectivity index (χ3v) is 3.53. The summed E-state index contributed by atoms with van der Waals surface area (Å²) in [5, 5.41) is 0.153. The zero-order valence-corrected chi connectivity index (χ0v) is 12.1. The summed E-state index contributed by atoms with van der Waals surface area (Å²) in [6.45, 7) is 0. The van der Waals surface area contributed by atoms with Gasteiger partial charge in [0.15, 0.2) is 5.76 Å². The molecule has 0 aliphatic carbocycles. The molecule has 0 saturated heterocycles. The first-order chi connectivity index (χ1) is 9.24. The lowest BCUT2D eigenvalue weighted by atomic mass is 9.99. The quantitative estimate of drug-likeness (QED) is 0.625. The molecule has 0 amide bonds. The van der Waals surface area contributed by atoms with Crippen LogP contribution >= 0.6 is 27.5 Å². The molecule has 2 aromatic carbocycles. The van der Waals surface area contributed by atoms with Crippen molar-refractivity contribution in [3.63, 3.8) is 0 Å². The van der Waals surface area contributed by atoms with Crippen LogP contribution < -0.4 is 0 Å². The van der Waals surface area contributed by atoms with E-state index in [2.05, 4.69) is 39.1 Å². The van der Waals surface area contributed by atoms with Crippen LogP contribution in [-0.4, -0.2) is 4.98 Å². The first kappa shape index (κ1) is 12.5. The molecule has 0 N–H and O–H groups in total. The number of hydrogen-bond acceptors (Lipinski definition) is 2. The van der Waals surface area contributed by atoms with Crippen LogP contribution in [0, 0.1) is 0 Å². The second kappa shape index (κ2) is 5.19. The van der Waals surface area contributed by atoms with Gasteiger partial charge in [-0.2, -0.15) is 0 Å². The lowest BCUT2D eigenvalue weighted by Gasteiger charge is -2.07. The Morgan fingerprint density at radius 2 is 1.63 bits per heavy atom. The number of halogens is 2. The molecule has 0 atom stereocenters. The van der Waals surface area contributed by atoms with Gasteiger partial charge in [-0.25, -0.2) is 4.98 Å². The van der Waals surface area contributed by atoms with Crippen LogP contribution in [0.1, 0.15) is 0 Å². The molecule has 94 valence electrons. The lowest BCUT2D eigenvalue weighted by Crippen LogP contribution is -1.83. The molecule has 0 aliphatic rings. The second-order valence-corrected chi connectivity index (χ2v) is 5.27. The highest BCUT2D eigenvalue weighted by molar-refractivity contribution is 9.10. The minimum Gasteiger partial charge on any atom is -0.428 e. The molecule has 0 saturated carbocycles. The Balaban J connectivity index is 2.14. The van der Waals surface area contributed by atoms with E-state index in [1.54, 1.807) is 6.20 Å². The Morgan fingerprint density at radius 1 is 0.947 bits per heavy atom. The molecule has 0 bridgehead atoms. The Labute approximate surface area is 124 Å². The predicted molar refractivity (Wildman–Crippen MR) is 80.1 cm³/mol. The molecule has 0 fully saturated rings. The Bertz CT molecular complexity index is 706. The summed E-state index contributed by atoms with van der Waals surface area (Å²) in [6.07, 6.45) is 1.64. The van der Waals surface area contributed by atoms with E-state index in [0.29, 0.717) is 5.76 Å². The molecule has 19 heavy (non-hydrogen) atoms. The van der Waals surface area contributed by atoms with Crippen molar-refractivity contribution in [2.45, 2.75) is 0 Å². The monoisotopic (exact) mass is 333 g/mol. The van der Waals surface area contributed by atoms with E-state index in [-0.39, 0.29) is 5.35 Å². The van der Waals surface area contributed by atoms with Gasteiger partial charge in [-0.3, -0.25) is 0 Å². The lowest BCUT2D eigenvalue weighted by molar-refractivity contribution is 0.574. The predicted octanol–water partition coefficient (Wildman–Crippen LogP) is 5.42. The molecule has 1 aromatic heterocycles. The van der Waals surface area contributed by atoms with Gasteiger partial charge in [0.2, 0.25) is 0 Å². The van der Waals surface area contributed by atoms with Gasteiger partial charge in [-0.15, -0.1) is 0 Å². The molecule has 3 aromatic rings. The average Bonchev–Trinajstić information content (AvgIpc) is 2.86. The van der Waals surface area contributed by atoms with Crippen molar-refractivity contribution >= 4 is 27.5 Å². The smallest absolute Gasteiger partial charge is 0.292 e. The van der Waals surface area contributed by atoms with Gasteiger partial charge in [0, 0.05) is 10.0 Å². The molecule has 0 radical (unpaired) electrons. The molecule has 2 nitrogen and oxygen atoms in total. The van der Waals surface area contributed by atoms with Gasteiger partial charge >= 0.3 is 0 Å². The molecule has 3 rings (SSSR count). The van der Waals surface area contributed by atoms with Crippen LogP contribution in [0.3, 0.4) is 0 Å². The first-order valence-electron chi connectivity index (χ1n) is 5.71. The fraction of sp³-hybridized carbons (Fsp3) is 0. The molecular weight excluding hydrogens is 326 g/mol. The highest BCUT2D eigenvalue weighted by Gasteiger charge is 2.10. The Hall–Kier alpha value is -1.58. The van der Waals surface area contributed by atoms with E-state index in [4.69, 9.17) is 16.0 Å². The fourth-order valence-electron chi connectivity index (χ4n) is 1.96. The second-order valence-electron chi connectivity index (χ2n) is 4.03. The number of aromatic nitrogens is 1. The topological polar surface area (TPSA) is 26.0 Å². The minimum absolute atomic E-state index is 0.153. The summed E-state index contributed by atoms with van der Waals surface area (Å²) in [4.78, 5) is 3.93. The molecule has 4 heteroatoms. The van der Waals surface area contributed by atoms with E-state index in [9.17, 15) is 0 Å². The third kappa shape index (κ3) is 2.57. The first-order valence-corrected chi connectivity index (χ1v) is 6.88. The molecular formula is C15H9BrClNO. The summed E-state index contributed by atoms with van der Waals surface area (Å²) in [6, 6.07) is 16.1. The normalized spacial score (nSPS) is 10.6. The minimum atomic E-state index is 0.153. The standard InChI is InChI=1S/C15H9BrClNO/c16-11-7-5-10(6-8-11)12-3-1-2-4-13(12)14-9-18-15(17)19-14/h1-9H. The van der Waals surface area contributed by atoms with Crippen LogP contribution in [0.5, 0.6) is 0 Å². The molecule has 1 heterocycles. The van der Waals surface area contributed by atoms with Crippen molar-refractivity contribution in [1.29, 1.82) is 0 Å². The van der Waals surface area contributed by atoms with E-state index in [0.717, 1.165) is 21.2 Å². The number of oxazole rings is 1. The van der Waals surface area contributed by atoms with Crippen LogP contribution in [0.4, 0.5) is 0 Å². The van der Waals surface area contributed by atoms with Crippen molar-refractivity contribution < 1.29 is 4.42 Å². The van der Waals surface area contributed by atoms with Gasteiger partial charge in [0.05, 0.1) is 6.20 Å². The highest BCUT2D eigenvalue weighted by atomic mass is 79.9. The maximum Gasteiger partial charge on any atom is 0.292 e. The van der Waals surface area contributed by atoms with E-state index in [1.165, 1.54) is 0 Å². The van der Waals surface area contributed by atoms with Gasteiger partial charge in [0.1, 0.15) is 0 Å². The van der Waals surface area contributed by atoms with Crippen molar-refractivity contribution in [1.82, 2.24) is 4.98 Å². The van der Waals surface area contributed by atoms with Crippen LogP contribution in [0.2, 0.25) is 5.35 Å². The fourth-order valence-corrected chi connectivity index (χ4v) is 2.35. The van der Waals surface area contributed by atoms with E-state index in [1.807, 2.05) is 30.3 Å². The SMILES string of the molecule is Clc1ncc(-c2ccccc2-c2ccc(Br)cc2)o1. The molecule has 0 unspecified atom stereocenters. The zero-order chi connectivity index (χ0) is 13.2. The van der Waals surface area contributed by atoms with Gasteiger partial charge < -0.3 is 4.42 Å². The van der Waals surface area contributed by atoms with Crippen molar-refractivity contribution in [2.75, 3.05) is 0 Å². The summed E-state index contributed by atoms with van der Waals surface area (Å²) < 4.78 is 6.45. The number of hydrogen-bond donors (Lipinski definition) is 0. The van der Waals surface area contributed by atoms with Gasteiger partial charge in [-0.1, -0.05) is 52.3 Å². The summed E-state index contributed by atoms with van der Waals surface area (Å²) in [5.74, 6) is 0.670. The molecule has 0 aliphatic heterocycles. The van der Waals surface area contributed by atoms with Crippen molar-refractivity contribution in [3.05, 3.63) is 64.6 Å². The maximum atomic E-state index is 5.75. The third-order valence-electron chi connectivity index (χ3n) is 2.83. The van der Waals surface area contributed by atoms with Gasteiger partial charge in [-0.05, 0) is 34.9 Å². The van der Waals surface area contributed by atoms with E-state index >= 15 is 0 Å². The summed E-state index contributed by atoms with van der Waals surface area (Å²) >= 11 is 9.18. The van der Waals surface area contributed by atoms with Crippen LogP contribution in [0.15, 0.2) is 63.6 Å². The van der Waals surface area contributed by atoms with Crippen LogP contribution in [0.25, 0.3) is 22.5 Å². The maximum absolute atomic E-state index is 5.75. The highest BCUT2D eigenvalue weighted by Crippen LogP contribution is 2.33. The number of rotatable bonds is 2. The summed E-state index contributed by atoms with van der Waals surface area (Å²) in [7, 11) is 0. The number of benzene rings is 2. The number of nitrogens with zero attached hydrogens (tertiary/aromatic N) is 1. The van der Waals surface area contributed by atoms with Gasteiger partial charge in [0.25, 0.3) is 5.35 Å². The van der Waals surface area contributed by atoms with E-state index < -0.39 is 0 Å². The van der Waals surface area contributed by atoms with Crippen molar-refractivity contribution in [3.8, 4) is 22.5 Å².